The Balaban J connectivity index is 1.48. The summed E-state index contributed by atoms with van der Waals surface area (Å²) in [6.45, 7) is 4.29. The number of likely N-dealkylation sites (tertiary alicyclic amines) is 1. The Morgan fingerprint density at radius 1 is 1.24 bits per heavy atom. The highest BCUT2D eigenvalue weighted by molar-refractivity contribution is 5.99. The van der Waals surface area contributed by atoms with Crippen molar-refractivity contribution in [3.05, 3.63) is 71.8 Å². The van der Waals surface area contributed by atoms with Crippen molar-refractivity contribution in [2.24, 2.45) is 0 Å². The van der Waals surface area contributed by atoms with E-state index >= 15 is 4.39 Å². The molecule has 0 spiro atoms. The van der Waals surface area contributed by atoms with Gasteiger partial charge in [-0.15, -0.1) is 0 Å². The van der Waals surface area contributed by atoms with Crippen molar-refractivity contribution >= 4 is 22.8 Å². The fourth-order valence-corrected chi connectivity index (χ4v) is 4.97. The first kappa shape index (κ1) is 28.6. The molecule has 13 heteroatoms. The predicted octanol–water partition coefficient (Wildman–Crippen LogP) is 3.75. The molecule has 216 valence electrons. The van der Waals surface area contributed by atoms with Gasteiger partial charge in [-0.3, -0.25) is 4.79 Å². The second-order valence-electron chi connectivity index (χ2n) is 10.7. The molecular formula is C29H28F3N8O2+. The van der Waals surface area contributed by atoms with Crippen LogP contribution in [-0.4, -0.2) is 48.7 Å². The van der Waals surface area contributed by atoms with Gasteiger partial charge < -0.3 is 21.1 Å². The van der Waals surface area contributed by atoms with Crippen molar-refractivity contribution in [2.45, 2.75) is 44.8 Å². The van der Waals surface area contributed by atoms with Crippen LogP contribution in [0.4, 0.5) is 19.0 Å². The van der Waals surface area contributed by atoms with Gasteiger partial charge in [0.1, 0.15) is 46.6 Å². The fourth-order valence-electron chi connectivity index (χ4n) is 4.97. The van der Waals surface area contributed by atoms with E-state index in [9.17, 15) is 18.8 Å². The van der Waals surface area contributed by atoms with Crippen molar-refractivity contribution in [1.82, 2.24) is 24.6 Å². The first-order valence-electron chi connectivity index (χ1n) is 13.1. The summed E-state index contributed by atoms with van der Waals surface area (Å²) < 4.78 is 50.0. The SMILES string of the molecule is CC(C)([NH3+])C=C(C#N)C(=O)N1CCCC1Cn1nc(-c2ccc(Oc3cccc(F)c3F)cc2F)c2c(N)ncnc21. The molecule has 5 rings (SSSR count). The number of carbonyl (C=O) groups excluding carboxylic acids is 1. The van der Waals surface area contributed by atoms with Gasteiger partial charge in [-0.2, -0.15) is 14.8 Å². The van der Waals surface area contributed by atoms with Gasteiger partial charge in [-0.25, -0.2) is 23.4 Å². The number of hydrogen-bond acceptors (Lipinski definition) is 7. The molecule has 1 aliphatic heterocycles. The van der Waals surface area contributed by atoms with E-state index in [-0.39, 0.29) is 46.9 Å². The Hall–Kier alpha value is -4.96. The van der Waals surface area contributed by atoms with Gasteiger partial charge in [0.2, 0.25) is 5.82 Å². The maximum atomic E-state index is 15.4. The van der Waals surface area contributed by atoms with Gasteiger partial charge in [-0.05, 0) is 57.0 Å². The zero-order valence-corrected chi connectivity index (χ0v) is 22.9. The smallest absolute Gasteiger partial charge is 0.264 e. The molecule has 0 saturated carbocycles. The van der Waals surface area contributed by atoms with Crippen LogP contribution in [0.2, 0.25) is 0 Å². The second kappa shape index (κ2) is 11.1. The van der Waals surface area contributed by atoms with Gasteiger partial charge in [0.15, 0.2) is 17.2 Å². The monoisotopic (exact) mass is 577 g/mol. The minimum atomic E-state index is -1.19. The Bertz CT molecular complexity index is 1760. The first-order chi connectivity index (χ1) is 20.0. The van der Waals surface area contributed by atoms with Crippen molar-refractivity contribution in [3.63, 3.8) is 0 Å². The summed E-state index contributed by atoms with van der Waals surface area (Å²) in [5.74, 6) is -3.79. The number of hydrogen-bond donors (Lipinski definition) is 2. The largest absolute Gasteiger partial charge is 0.454 e. The molecule has 1 aliphatic rings. The molecule has 1 amide bonds. The van der Waals surface area contributed by atoms with Crippen LogP contribution in [0.1, 0.15) is 26.7 Å². The molecule has 0 bridgehead atoms. The molecular weight excluding hydrogens is 549 g/mol. The lowest BCUT2D eigenvalue weighted by Gasteiger charge is -2.25. The number of anilines is 1. The van der Waals surface area contributed by atoms with Gasteiger partial charge in [0, 0.05) is 18.2 Å². The molecule has 2 aromatic heterocycles. The van der Waals surface area contributed by atoms with Crippen LogP contribution in [0.5, 0.6) is 11.5 Å². The number of nitrogens with zero attached hydrogens (tertiary/aromatic N) is 6. The molecule has 3 heterocycles. The van der Waals surface area contributed by atoms with E-state index < -0.39 is 28.7 Å². The van der Waals surface area contributed by atoms with Crippen molar-refractivity contribution in [3.8, 4) is 28.8 Å². The lowest BCUT2D eigenvalue weighted by molar-refractivity contribution is -0.446. The normalized spacial score (nSPS) is 15.7. The predicted molar refractivity (Wildman–Crippen MR) is 147 cm³/mol. The summed E-state index contributed by atoms with van der Waals surface area (Å²) in [6, 6.07) is 8.94. The standard InChI is InChI=1S/C29H27F3N8O2/c1-29(2,35)12-16(13-33)28(41)39-10-4-5-17(39)14-40-27-23(26(34)36-15-37-27)25(38-40)19-9-8-18(11-21(19)31)42-22-7-3-6-20(30)24(22)32/h3,6-9,11-12,15,17H,4-5,10,14,35H2,1-2H3,(H2,34,36,37)/p+1. The Kier molecular flexibility index (Phi) is 7.57. The maximum Gasteiger partial charge on any atom is 0.264 e. The number of nitrogens with two attached hydrogens (primary N) is 1. The molecule has 42 heavy (non-hydrogen) atoms. The van der Waals surface area contributed by atoms with Crippen LogP contribution < -0.4 is 16.2 Å². The summed E-state index contributed by atoms with van der Waals surface area (Å²) in [6.07, 6.45) is 4.21. The van der Waals surface area contributed by atoms with Crippen molar-refractivity contribution in [1.29, 1.82) is 5.26 Å². The molecule has 0 aliphatic carbocycles. The van der Waals surface area contributed by atoms with Crippen molar-refractivity contribution in [2.75, 3.05) is 12.3 Å². The number of fused-ring (bicyclic) bond motifs is 1. The highest BCUT2D eigenvalue weighted by Gasteiger charge is 2.33. The van der Waals surface area contributed by atoms with Crippen LogP contribution in [0, 0.1) is 28.8 Å². The molecule has 1 unspecified atom stereocenters. The maximum absolute atomic E-state index is 15.4. The third-order valence-electron chi connectivity index (χ3n) is 6.81. The quantitative estimate of drug-likeness (QED) is 0.251. The Labute approximate surface area is 239 Å². The first-order valence-corrected chi connectivity index (χ1v) is 13.1. The zero-order chi connectivity index (χ0) is 30.2. The van der Waals surface area contributed by atoms with Gasteiger partial charge in [-0.1, -0.05) is 6.07 Å². The zero-order valence-electron chi connectivity index (χ0n) is 22.9. The number of quaternary nitrogens is 1. The van der Waals surface area contributed by atoms with Gasteiger partial charge >= 0.3 is 0 Å². The number of nitrogen functional groups attached to an aromatic ring is 1. The number of halogens is 3. The van der Waals surface area contributed by atoms with Crippen LogP contribution >= 0.6 is 0 Å². The van der Waals surface area contributed by atoms with Crippen LogP contribution in [0.15, 0.2) is 54.4 Å². The third kappa shape index (κ3) is 5.61. The minimum Gasteiger partial charge on any atom is -0.454 e. The topological polar surface area (TPSA) is 151 Å². The summed E-state index contributed by atoms with van der Waals surface area (Å²) >= 11 is 0. The lowest BCUT2D eigenvalue weighted by Crippen LogP contribution is -2.68. The van der Waals surface area contributed by atoms with E-state index in [2.05, 4.69) is 20.8 Å². The Morgan fingerprint density at radius 3 is 2.74 bits per heavy atom. The molecule has 2 aromatic carbocycles. The molecule has 1 fully saturated rings. The van der Waals surface area contributed by atoms with Crippen LogP contribution in [0.25, 0.3) is 22.3 Å². The number of carbonyl (C=O) groups is 1. The summed E-state index contributed by atoms with van der Waals surface area (Å²) in [5.41, 5.74) is 10.1. The van der Waals surface area contributed by atoms with E-state index in [0.717, 1.165) is 18.6 Å². The van der Waals surface area contributed by atoms with Gasteiger partial charge in [0.25, 0.3) is 5.91 Å². The number of rotatable bonds is 7. The van der Waals surface area contributed by atoms with E-state index in [0.29, 0.717) is 24.0 Å². The average Bonchev–Trinajstić information content (AvgIpc) is 3.55. The molecule has 1 saturated heterocycles. The second-order valence-corrected chi connectivity index (χ2v) is 10.7. The summed E-state index contributed by atoms with van der Waals surface area (Å²) in [4.78, 5) is 23.3. The van der Waals surface area contributed by atoms with E-state index in [1.165, 1.54) is 30.6 Å². The molecule has 10 nitrogen and oxygen atoms in total. The lowest BCUT2D eigenvalue weighted by atomic mass is 10.0. The highest BCUT2D eigenvalue weighted by Crippen LogP contribution is 2.35. The third-order valence-corrected chi connectivity index (χ3v) is 6.81. The summed E-state index contributed by atoms with van der Waals surface area (Å²) in [7, 11) is 0. The number of ether oxygens (including phenoxy) is 1. The molecule has 1 atom stereocenters. The van der Waals surface area contributed by atoms with E-state index in [1.807, 2.05) is 6.07 Å². The number of aromatic nitrogens is 4. The highest BCUT2D eigenvalue weighted by atomic mass is 19.2. The summed E-state index contributed by atoms with van der Waals surface area (Å²) in [5, 5.41) is 14.6. The van der Waals surface area contributed by atoms with Crippen LogP contribution in [-0.2, 0) is 11.3 Å². The number of benzene rings is 2. The van der Waals surface area contributed by atoms with Crippen LogP contribution in [0.3, 0.4) is 0 Å². The van der Waals surface area contributed by atoms with E-state index in [1.54, 1.807) is 29.5 Å². The minimum absolute atomic E-state index is 0.0157. The Morgan fingerprint density at radius 2 is 2.02 bits per heavy atom. The molecule has 0 radical (unpaired) electrons. The van der Waals surface area contributed by atoms with Gasteiger partial charge in [0.05, 0.1) is 18.0 Å². The average molecular weight is 578 g/mol. The molecule has 4 aromatic rings. The number of nitriles is 1. The molecule has 5 N–H and O–H groups in total. The fraction of sp³-hybridized carbons (Fsp3) is 0.276. The number of amides is 1. The van der Waals surface area contributed by atoms with Crippen molar-refractivity contribution < 1.29 is 28.4 Å². The van der Waals surface area contributed by atoms with E-state index in [4.69, 9.17) is 10.5 Å².